The van der Waals surface area contributed by atoms with Gasteiger partial charge < -0.3 is 21.1 Å². The molecule has 19 heavy (non-hydrogen) atoms. The van der Waals surface area contributed by atoms with Crippen LogP contribution in [0.25, 0.3) is 0 Å². The highest BCUT2D eigenvalue weighted by Crippen LogP contribution is 2.30. The molecule has 0 bridgehead atoms. The Morgan fingerprint density at radius 2 is 2.26 bits per heavy atom. The van der Waals surface area contributed by atoms with Crippen LogP contribution in [0.5, 0.6) is 0 Å². The van der Waals surface area contributed by atoms with Crippen LogP contribution in [-0.2, 0) is 16.0 Å². The summed E-state index contributed by atoms with van der Waals surface area (Å²) in [7, 11) is 0. The second-order valence-electron chi connectivity index (χ2n) is 4.62. The fourth-order valence-electron chi connectivity index (χ4n) is 2.14. The predicted molar refractivity (Wildman–Crippen MR) is 77.4 cm³/mol. The molecule has 1 amide bonds. The van der Waals surface area contributed by atoms with Crippen LogP contribution in [0.4, 0.5) is 17.1 Å². The van der Waals surface area contributed by atoms with Crippen molar-refractivity contribution in [3.05, 3.63) is 17.7 Å². The second kappa shape index (κ2) is 6.43. The van der Waals surface area contributed by atoms with E-state index in [1.54, 1.807) is 0 Å². The van der Waals surface area contributed by atoms with Crippen LogP contribution in [0.1, 0.15) is 25.3 Å². The number of carbonyl (C=O) groups is 1. The third-order valence-corrected chi connectivity index (χ3v) is 3.16. The van der Waals surface area contributed by atoms with Gasteiger partial charge in [0.25, 0.3) is 0 Å². The van der Waals surface area contributed by atoms with Crippen molar-refractivity contribution in [2.75, 3.05) is 36.1 Å². The fourth-order valence-corrected chi connectivity index (χ4v) is 2.14. The summed E-state index contributed by atoms with van der Waals surface area (Å²) in [5.74, 6) is 0.0596. The van der Waals surface area contributed by atoms with E-state index < -0.39 is 0 Å². The summed E-state index contributed by atoms with van der Waals surface area (Å²) in [5, 5.41) is 6.16. The standard InChI is InChI=1S/C14H21N3O2/c1-2-19-7-3-6-16-13-8-10-4-5-14(18)17-12(10)9-11(13)15/h8-9,16H,2-7,15H2,1H3,(H,17,18). The molecule has 1 aliphatic rings. The van der Waals surface area contributed by atoms with Crippen LogP contribution in [-0.4, -0.2) is 25.7 Å². The normalized spacial score (nSPS) is 13.8. The molecule has 0 atom stereocenters. The predicted octanol–water partition coefficient (Wildman–Crippen LogP) is 1.99. The third-order valence-electron chi connectivity index (χ3n) is 3.16. The number of nitrogens with two attached hydrogens (primary N) is 1. The molecule has 5 nitrogen and oxygen atoms in total. The Morgan fingerprint density at radius 1 is 1.42 bits per heavy atom. The fraction of sp³-hybridized carbons (Fsp3) is 0.500. The molecule has 2 rings (SSSR count). The van der Waals surface area contributed by atoms with E-state index in [0.29, 0.717) is 12.1 Å². The molecule has 4 N–H and O–H groups in total. The van der Waals surface area contributed by atoms with E-state index in [4.69, 9.17) is 10.5 Å². The number of hydrogen-bond acceptors (Lipinski definition) is 4. The van der Waals surface area contributed by atoms with Gasteiger partial charge in [-0.25, -0.2) is 0 Å². The summed E-state index contributed by atoms with van der Waals surface area (Å²) in [5.41, 5.74) is 9.57. The van der Waals surface area contributed by atoms with Gasteiger partial charge >= 0.3 is 0 Å². The lowest BCUT2D eigenvalue weighted by atomic mass is 10.0. The summed E-state index contributed by atoms with van der Waals surface area (Å²) in [6.07, 6.45) is 2.26. The van der Waals surface area contributed by atoms with E-state index >= 15 is 0 Å². The van der Waals surface area contributed by atoms with Crippen LogP contribution in [0.15, 0.2) is 12.1 Å². The van der Waals surface area contributed by atoms with Crippen molar-refractivity contribution in [2.45, 2.75) is 26.2 Å². The maximum absolute atomic E-state index is 11.3. The van der Waals surface area contributed by atoms with Crippen LogP contribution in [0.2, 0.25) is 0 Å². The molecule has 0 saturated heterocycles. The first-order valence-electron chi connectivity index (χ1n) is 6.74. The zero-order chi connectivity index (χ0) is 13.7. The molecular weight excluding hydrogens is 242 g/mol. The maximum atomic E-state index is 11.3. The van der Waals surface area contributed by atoms with Crippen LogP contribution >= 0.6 is 0 Å². The number of rotatable bonds is 6. The van der Waals surface area contributed by atoms with Gasteiger partial charge in [-0.3, -0.25) is 4.79 Å². The van der Waals surface area contributed by atoms with Gasteiger partial charge in [0, 0.05) is 31.9 Å². The minimum absolute atomic E-state index is 0.0596. The number of carbonyl (C=O) groups excluding carboxylic acids is 1. The van der Waals surface area contributed by atoms with Crippen molar-refractivity contribution in [2.24, 2.45) is 0 Å². The summed E-state index contributed by atoms with van der Waals surface area (Å²) >= 11 is 0. The first-order valence-corrected chi connectivity index (χ1v) is 6.74. The smallest absolute Gasteiger partial charge is 0.224 e. The van der Waals surface area contributed by atoms with Gasteiger partial charge in [-0.05, 0) is 37.5 Å². The highest BCUT2D eigenvalue weighted by atomic mass is 16.5. The number of anilines is 3. The average Bonchev–Trinajstić information content (AvgIpc) is 2.39. The summed E-state index contributed by atoms with van der Waals surface area (Å²) in [4.78, 5) is 11.3. The molecule has 0 unspecified atom stereocenters. The SMILES string of the molecule is CCOCCCNc1cc2c(cc1N)NC(=O)CC2. The summed E-state index contributed by atoms with van der Waals surface area (Å²) < 4.78 is 5.29. The van der Waals surface area contributed by atoms with Crippen molar-refractivity contribution in [1.82, 2.24) is 0 Å². The lowest BCUT2D eigenvalue weighted by Gasteiger charge is -2.19. The number of fused-ring (bicyclic) bond motifs is 1. The van der Waals surface area contributed by atoms with Crippen molar-refractivity contribution >= 4 is 23.0 Å². The molecule has 1 aliphatic heterocycles. The second-order valence-corrected chi connectivity index (χ2v) is 4.62. The first kappa shape index (κ1) is 13.7. The maximum Gasteiger partial charge on any atom is 0.224 e. The Labute approximate surface area is 113 Å². The summed E-state index contributed by atoms with van der Waals surface area (Å²) in [6, 6.07) is 3.86. The van der Waals surface area contributed by atoms with Gasteiger partial charge in [0.15, 0.2) is 0 Å². The zero-order valence-electron chi connectivity index (χ0n) is 11.3. The molecule has 1 aromatic rings. The van der Waals surface area contributed by atoms with E-state index in [1.165, 1.54) is 0 Å². The molecule has 5 heteroatoms. The Kier molecular flexibility index (Phi) is 4.63. The van der Waals surface area contributed by atoms with Crippen molar-refractivity contribution in [3.63, 3.8) is 0 Å². The third kappa shape index (κ3) is 3.61. The van der Waals surface area contributed by atoms with Gasteiger partial charge in [-0.15, -0.1) is 0 Å². The monoisotopic (exact) mass is 263 g/mol. The van der Waals surface area contributed by atoms with Crippen LogP contribution in [0, 0.1) is 0 Å². The highest BCUT2D eigenvalue weighted by molar-refractivity contribution is 5.95. The zero-order valence-corrected chi connectivity index (χ0v) is 11.3. The Balaban J connectivity index is 1.96. The molecule has 0 fully saturated rings. The van der Waals surface area contributed by atoms with Gasteiger partial charge in [0.05, 0.1) is 11.4 Å². The van der Waals surface area contributed by atoms with Gasteiger partial charge in [-0.2, -0.15) is 0 Å². The van der Waals surface area contributed by atoms with Gasteiger partial charge in [0.1, 0.15) is 0 Å². The quantitative estimate of drug-likeness (QED) is 0.542. The van der Waals surface area contributed by atoms with Crippen molar-refractivity contribution < 1.29 is 9.53 Å². The van der Waals surface area contributed by atoms with Gasteiger partial charge in [0.2, 0.25) is 5.91 Å². The Bertz CT molecular complexity index is 460. The molecular formula is C14H21N3O2. The van der Waals surface area contributed by atoms with E-state index in [1.807, 2.05) is 19.1 Å². The highest BCUT2D eigenvalue weighted by Gasteiger charge is 2.16. The molecule has 0 aromatic heterocycles. The van der Waals surface area contributed by atoms with Crippen LogP contribution < -0.4 is 16.4 Å². The number of nitrogens with one attached hydrogen (secondary N) is 2. The first-order chi connectivity index (χ1) is 9.20. The topological polar surface area (TPSA) is 76.4 Å². The minimum atomic E-state index is 0.0596. The molecule has 0 aliphatic carbocycles. The van der Waals surface area contributed by atoms with Crippen LogP contribution in [0.3, 0.4) is 0 Å². The van der Waals surface area contributed by atoms with E-state index in [9.17, 15) is 4.79 Å². The molecule has 0 radical (unpaired) electrons. The number of aryl methyl sites for hydroxylation is 1. The Morgan fingerprint density at radius 3 is 3.05 bits per heavy atom. The minimum Gasteiger partial charge on any atom is -0.397 e. The molecule has 104 valence electrons. The van der Waals surface area contributed by atoms with Crippen molar-refractivity contribution in [1.29, 1.82) is 0 Å². The number of hydrogen-bond donors (Lipinski definition) is 3. The number of amides is 1. The number of nitrogen functional groups attached to an aromatic ring is 1. The molecule has 0 spiro atoms. The number of benzene rings is 1. The average molecular weight is 263 g/mol. The van der Waals surface area contributed by atoms with E-state index in [0.717, 1.165) is 49.5 Å². The molecule has 1 aromatic carbocycles. The molecule has 0 saturated carbocycles. The van der Waals surface area contributed by atoms with E-state index in [2.05, 4.69) is 10.6 Å². The van der Waals surface area contributed by atoms with Crippen molar-refractivity contribution in [3.8, 4) is 0 Å². The van der Waals surface area contributed by atoms with E-state index in [-0.39, 0.29) is 5.91 Å². The Hall–Kier alpha value is -1.75. The summed E-state index contributed by atoms with van der Waals surface area (Å²) in [6.45, 7) is 4.32. The lowest BCUT2D eigenvalue weighted by Crippen LogP contribution is -2.19. The lowest BCUT2D eigenvalue weighted by molar-refractivity contribution is -0.116. The molecule has 1 heterocycles. The largest absolute Gasteiger partial charge is 0.397 e. The number of ether oxygens (including phenoxy) is 1. The van der Waals surface area contributed by atoms with Gasteiger partial charge in [-0.1, -0.05) is 0 Å².